The number of phenolic OH excluding ortho intramolecular Hbond substituents is 1. The van der Waals surface area contributed by atoms with Crippen LogP contribution in [0.15, 0.2) is 42.5 Å². The summed E-state index contributed by atoms with van der Waals surface area (Å²) < 4.78 is 0. The first-order valence-electron chi connectivity index (χ1n) is 6.63. The molecule has 0 heterocycles. The fourth-order valence-corrected chi connectivity index (χ4v) is 2.05. The SMILES string of the molecule is Cc1cc(O)ccc1NC(=O)NCCc1ccc(Cl)cc1. The van der Waals surface area contributed by atoms with Gasteiger partial charge in [0.25, 0.3) is 0 Å². The van der Waals surface area contributed by atoms with Crippen LogP contribution in [-0.4, -0.2) is 17.7 Å². The quantitative estimate of drug-likeness (QED) is 0.754. The predicted molar refractivity (Wildman–Crippen MR) is 85.0 cm³/mol. The van der Waals surface area contributed by atoms with Crippen LogP contribution in [0.5, 0.6) is 5.75 Å². The molecule has 0 bridgehead atoms. The van der Waals surface area contributed by atoms with Gasteiger partial charge in [0.1, 0.15) is 5.75 Å². The Morgan fingerprint density at radius 2 is 1.90 bits per heavy atom. The monoisotopic (exact) mass is 304 g/mol. The van der Waals surface area contributed by atoms with Gasteiger partial charge in [-0.2, -0.15) is 0 Å². The highest BCUT2D eigenvalue weighted by atomic mass is 35.5. The molecule has 4 nitrogen and oxygen atoms in total. The molecule has 0 spiro atoms. The summed E-state index contributed by atoms with van der Waals surface area (Å²) in [4.78, 5) is 11.8. The highest BCUT2D eigenvalue weighted by Crippen LogP contribution is 2.19. The van der Waals surface area contributed by atoms with Crippen LogP contribution >= 0.6 is 11.6 Å². The Labute approximate surface area is 128 Å². The number of hydrogen-bond acceptors (Lipinski definition) is 2. The minimum atomic E-state index is -0.266. The highest BCUT2D eigenvalue weighted by Gasteiger charge is 2.04. The summed E-state index contributed by atoms with van der Waals surface area (Å²) in [6.07, 6.45) is 0.735. The van der Waals surface area contributed by atoms with Gasteiger partial charge in [-0.05, 0) is 54.8 Å². The fraction of sp³-hybridized carbons (Fsp3) is 0.188. The molecule has 110 valence electrons. The zero-order valence-electron chi connectivity index (χ0n) is 11.7. The number of amides is 2. The lowest BCUT2D eigenvalue weighted by Crippen LogP contribution is -2.30. The number of phenols is 1. The smallest absolute Gasteiger partial charge is 0.319 e. The van der Waals surface area contributed by atoms with Crippen molar-refractivity contribution in [2.75, 3.05) is 11.9 Å². The van der Waals surface area contributed by atoms with E-state index in [9.17, 15) is 9.90 Å². The van der Waals surface area contributed by atoms with Crippen LogP contribution in [0.25, 0.3) is 0 Å². The summed E-state index contributed by atoms with van der Waals surface area (Å²) in [6.45, 7) is 2.35. The summed E-state index contributed by atoms with van der Waals surface area (Å²) in [6, 6.07) is 12.1. The van der Waals surface area contributed by atoms with Gasteiger partial charge in [0.05, 0.1) is 0 Å². The number of nitrogens with one attached hydrogen (secondary N) is 2. The molecule has 0 saturated heterocycles. The van der Waals surface area contributed by atoms with Gasteiger partial charge in [-0.25, -0.2) is 4.79 Å². The number of carbonyl (C=O) groups excluding carboxylic acids is 1. The molecule has 2 amide bonds. The van der Waals surface area contributed by atoms with Crippen LogP contribution in [0.2, 0.25) is 5.02 Å². The molecule has 0 unspecified atom stereocenters. The van der Waals surface area contributed by atoms with Crippen molar-refractivity contribution in [3.63, 3.8) is 0 Å². The summed E-state index contributed by atoms with van der Waals surface area (Å²) in [5.41, 5.74) is 2.60. The molecule has 5 heteroatoms. The molecule has 2 aromatic rings. The van der Waals surface area contributed by atoms with Crippen LogP contribution in [0.4, 0.5) is 10.5 Å². The van der Waals surface area contributed by atoms with Crippen molar-refractivity contribution >= 4 is 23.3 Å². The summed E-state index contributed by atoms with van der Waals surface area (Å²) in [7, 11) is 0. The van der Waals surface area contributed by atoms with Gasteiger partial charge in [0.2, 0.25) is 0 Å². The summed E-state index contributed by atoms with van der Waals surface area (Å²) >= 11 is 5.81. The third-order valence-electron chi connectivity index (χ3n) is 3.07. The van der Waals surface area contributed by atoms with Crippen molar-refractivity contribution in [1.82, 2.24) is 5.32 Å². The van der Waals surface area contributed by atoms with Crippen molar-refractivity contribution in [3.05, 3.63) is 58.6 Å². The minimum Gasteiger partial charge on any atom is -0.508 e. The topological polar surface area (TPSA) is 61.4 Å². The maximum Gasteiger partial charge on any atom is 0.319 e. The number of aryl methyl sites for hydroxylation is 1. The Hall–Kier alpha value is -2.20. The summed E-state index contributed by atoms with van der Waals surface area (Å²) in [5.74, 6) is 0.182. The number of benzene rings is 2. The molecule has 0 radical (unpaired) electrons. The molecule has 0 aliphatic rings. The highest BCUT2D eigenvalue weighted by molar-refractivity contribution is 6.30. The zero-order chi connectivity index (χ0) is 15.2. The Morgan fingerprint density at radius 3 is 2.57 bits per heavy atom. The molecule has 0 fully saturated rings. The first-order chi connectivity index (χ1) is 10.0. The molecular weight excluding hydrogens is 288 g/mol. The Balaban J connectivity index is 1.81. The molecule has 3 N–H and O–H groups in total. The first kappa shape index (κ1) is 15.2. The van der Waals surface area contributed by atoms with Crippen molar-refractivity contribution in [3.8, 4) is 5.75 Å². The standard InChI is InChI=1S/C16H17ClN2O2/c1-11-10-14(20)6-7-15(11)19-16(21)18-9-8-12-2-4-13(17)5-3-12/h2-7,10,20H,8-9H2,1H3,(H2,18,19,21). The van der Waals surface area contributed by atoms with Gasteiger partial charge in [-0.1, -0.05) is 23.7 Å². The third-order valence-corrected chi connectivity index (χ3v) is 3.32. The first-order valence-corrected chi connectivity index (χ1v) is 7.01. The van der Waals surface area contributed by atoms with E-state index < -0.39 is 0 Å². The maximum atomic E-state index is 11.8. The van der Waals surface area contributed by atoms with Crippen molar-refractivity contribution in [2.45, 2.75) is 13.3 Å². The van der Waals surface area contributed by atoms with Gasteiger partial charge < -0.3 is 15.7 Å². The number of carbonyl (C=O) groups is 1. The number of halogens is 1. The Bertz CT molecular complexity index is 627. The normalized spacial score (nSPS) is 10.2. The van der Waals surface area contributed by atoms with E-state index in [1.165, 1.54) is 6.07 Å². The van der Waals surface area contributed by atoms with E-state index >= 15 is 0 Å². The van der Waals surface area contributed by atoms with E-state index in [1.54, 1.807) is 12.1 Å². The molecule has 0 aromatic heterocycles. The van der Waals surface area contributed by atoms with Crippen molar-refractivity contribution in [2.24, 2.45) is 0 Å². The van der Waals surface area contributed by atoms with E-state index in [2.05, 4.69) is 10.6 Å². The van der Waals surface area contributed by atoms with Crippen LogP contribution in [-0.2, 0) is 6.42 Å². The van der Waals surface area contributed by atoms with E-state index in [0.29, 0.717) is 17.3 Å². The van der Waals surface area contributed by atoms with Gasteiger partial charge >= 0.3 is 6.03 Å². The van der Waals surface area contributed by atoms with Gasteiger partial charge in [-0.3, -0.25) is 0 Å². The van der Waals surface area contributed by atoms with Gasteiger partial charge in [0, 0.05) is 17.3 Å². The van der Waals surface area contributed by atoms with Crippen LogP contribution in [0.1, 0.15) is 11.1 Å². The fourth-order valence-electron chi connectivity index (χ4n) is 1.93. The van der Waals surface area contributed by atoms with Gasteiger partial charge in [0.15, 0.2) is 0 Å². The van der Waals surface area contributed by atoms with E-state index in [-0.39, 0.29) is 11.8 Å². The lowest BCUT2D eigenvalue weighted by molar-refractivity contribution is 0.252. The molecule has 2 aromatic carbocycles. The Kier molecular flexibility index (Phi) is 5.06. The average Bonchev–Trinajstić information content (AvgIpc) is 2.44. The Morgan fingerprint density at radius 1 is 1.19 bits per heavy atom. The zero-order valence-corrected chi connectivity index (χ0v) is 12.4. The largest absolute Gasteiger partial charge is 0.508 e. The third kappa shape index (κ3) is 4.68. The lowest BCUT2D eigenvalue weighted by atomic mass is 10.1. The number of rotatable bonds is 4. The molecule has 0 atom stereocenters. The minimum absolute atomic E-state index is 0.182. The van der Waals surface area contributed by atoms with Crippen molar-refractivity contribution < 1.29 is 9.90 Å². The second-order valence-corrected chi connectivity index (χ2v) is 5.19. The number of hydrogen-bond donors (Lipinski definition) is 3. The second-order valence-electron chi connectivity index (χ2n) is 4.76. The van der Waals surface area contributed by atoms with Gasteiger partial charge in [-0.15, -0.1) is 0 Å². The van der Waals surface area contributed by atoms with E-state index in [4.69, 9.17) is 11.6 Å². The molecular formula is C16H17ClN2O2. The predicted octanol–water partition coefficient (Wildman–Crippen LogP) is 3.72. The van der Waals surface area contributed by atoms with Crippen LogP contribution in [0.3, 0.4) is 0 Å². The molecule has 2 rings (SSSR count). The molecule has 0 saturated carbocycles. The molecule has 0 aliphatic heterocycles. The van der Waals surface area contributed by atoms with Crippen molar-refractivity contribution in [1.29, 1.82) is 0 Å². The molecule has 21 heavy (non-hydrogen) atoms. The maximum absolute atomic E-state index is 11.8. The number of anilines is 1. The average molecular weight is 305 g/mol. The van der Waals surface area contributed by atoms with Crippen LogP contribution < -0.4 is 10.6 Å². The lowest BCUT2D eigenvalue weighted by Gasteiger charge is -2.10. The van der Waals surface area contributed by atoms with E-state index in [1.807, 2.05) is 31.2 Å². The van der Waals surface area contributed by atoms with E-state index in [0.717, 1.165) is 17.5 Å². The second kappa shape index (κ2) is 6.99. The number of urea groups is 1. The van der Waals surface area contributed by atoms with Crippen LogP contribution in [0, 0.1) is 6.92 Å². The molecule has 0 aliphatic carbocycles. The summed E-state index contributed by atoms with van der Waals surface area (Å²) in [5, 5.41) is 15.6. The number of aromatic hydroxyl groups is 1.